The number of unbranched alkanes of at least 4 members (excludes halogenated alkanes) is 2. The van der Waals surface area contributed by atoms with Crippen molar-refractivity contribution >= 4 is 0 Å². The summed E-state index contributed by atoms with van der Waals surface area (Å²) in [7, 11) is 0. The third kappa shape index (κ3) is 3.46. The zero-order valence-electron chi connectivity index (χ0n) is 11.1. The van der Waals surface area contributed by atoms with Crippen LogP contribution in [0.2, 0.25) is 0 Å². The summed E-state index contributed by atoms with van der Waals surface area (Å²) in [6, 6.07) is 22.6. The second kappa shape index (κ2) is 7.00. The van der Waals surface area contributed by atoms with Crippen molar-refractivity contribution in [3.63, 3.8) is 0 Å². The molecule has 2 aromatic carbocycles. The van der Waals surface area contributed by atoms with Gasteiger partial charge in [0.25, 0.3) is 0 Å². The van der Waals surface area contributed by atoms with Crippen LogP contribution in [-0.4, -0.2) is 0 Å². The minimum absolute atomic E-state index is 0.499. The Kier molecular flexibility index (Phi) is 5.01. The summed E-state index contributed by atoms with van der Waals surface area (Å²) in [5.74, 6) is 0.499. The summed E-state index contributed by atoms with van der Waals surface area (Å²) in [5, 5.41) is 0. The van der Waals surface area contributed by atoms with E-state index in [1.54, 1.807) is 0 Å². The van der Waals surface area contributed by atoms with E-state index in [2.05, 4.69) is 55.5 Å². The van der Waals surface area contributed by atoms with Gasteiger partial charge >= 0.3 is 0 Å². The van der Waals surface area contributed by atoms with E-state index in [0.29, 0.717) is 5.92 Å². The fourth-order valence-electron chi connectivity index (χ4n) is 2.41. The third-order valence-corrected chi connectivity index (χ3v) is 3.41. The molecule has 0 bridgehead atoms. The second-order valence-electron chi connectivity index (χ2n) is 4.78. The number of hydrogen-bond acceptors (Lipinski definition) is 0. The Bertz CT molecular complexity index is 391. The van der Waals surface area contributed by atoms with Crippen LogP contribution in [0.1, 0.15) is 49.7 Å². The number of rotatable bonds is 6. The Hall–Kier alpha value is -1.56. The monoisotopic (exact) mass is 237 g/mol. The van der Waals surface area contributed by atoms with Gasteiger partial charge in [0.2, 0.25) is 0 Å². The Labute approximate surface area is 111 Å². The summed E-state index contributed by atoms with van der Waals surface area (Å²) in [6.45, 7) is 2.26. The summed E-state index contributed by atoms with van der Waals surface area (Å²) in [5.41, 5.74) is 2.73. The lowest BCUT2D eigenvalue weighted by atomic mass is 9.87. The molecule has 1 unspecified atom stereocenters. The molecule has 0 aliphatic rings. The van der Waals surface area contributed by atoms with Crippen LogP contribution in [0.3, 0.4) is 0 Å². The van der Waals surface area contributed by atoms with E-state index < -0.39 is 0 Å². The van der Waals surface area contributed by atoms with Gasteiger partial charge in [-0.15, -0.1) is 0 Å². The van der Waals surface area contributed by atoms with Crippen LogP contribution in [0.5, 0.6) is 0 Å². The third-order valence-electron chi connectivity index (χ3n) is 3.41. The van der Waals surface area contributed by atoms with E-state index in [1.807, 2.05) is 12.1 Å². The van der Waals surface area contributed by atoms with Crippen molar-refractivity contribution in [3.05, 3.63) is 71.8 Å². The summed E-state index contributed by atoms with van der Waals surface area (Å²) in [4.78, 5) is 0. The predicted molar refractivity (Wildman–Crippen MR) is 77.7 cm³/mol. The lowest BCUT2D eigenvalue weighted by Gasteiger charge is -2.17. The van der Waals surface area contributed by atoms with E-state index in [-0.39, 0.29) is 0 Å². The van der Waals surface area contributed by atoms with Crippen molar-refractivity contribution in [2.45, 2.75) is 38.5 Å². The van der Waals surface area contributed by atoms with Crippen molar-refractivity contribution in [1.29, 1.82) is 0 Å². The molecule has 1 radical (unpaired) electrons. The minimum Gasteiger partial charge on any atom is -0.0654 e. The van der Waals surface area contributed by atoms with Crippen molar-refractivity contribution in [2.24, 2.45) is 0 Å². The first kappa shape index (κ1) is 12.9. The average Bonchev–Trinajstić information content (AvgIpc) is 2.46. The SMILES string of the molecule is CCCCCC(c1[c]cccc1)c1ccccc1. The molecule has 0 heterocycles. The first-order valence-electron chi connectivity index (χ1n) is 6.93. The zero-order valence-corrected chi connectivity index (χ0v) is 11.1. The molecule has 0 aliphatic heterocycles. The van der Waals surface area contributed by atoms with Crippen LogP contribution in [0.4, 0.5) is 0 Å². The molecule has 0 nitrogen and oxygen atoms in total. The molecule has 2 aromatic rings. The van der Waals surface area contributed by atoms with Gasteiger partial charge in [-0.05, 0) is 23.6 Å². The smallest absolute Gasteiger partial charge is 0.00954 e. The molecule has 1 atom stereocenters. The molecule has 0 amide bonds. The highest BCUT2D eigenvalue weighted by atomic mass is 14.2. The van der Waals surface area contributed by atoms with Crippen molar-refractivity contribution in [3.8, 4) is 0 Å². The summed E-state index contributed by atoms with van der Waals surface area (Å²) in [6.07, 6.45) is 5.10. The molecule has 0 saturated carbocycles. The fourth-order valence-corrected chi connectivity index (χ4v) is 2.41. The molecule has 93 valence electrons. The Balaban J connectivity index is 2.18. The standard InChI is InChI=1S/C18H21/c1-2-3-6-15-18(16-11-7-4-8-12-16)17-13-9-5-10-14-17/h4-5,7-13,18H,2-3,6,15H2,1H3. The van der Waals surface area contributed by atoms with Gasteiger partial charge in [-0.25, -0.2) is 0 Å². The average molecular weight is 237 g/mol. The van der Waals surface area contributed by atoms with Gasteiger partial charge in [0.05, 0.1) is 0 Å². The molecule has 0 N–H and O–H groups in total. The molecule has 0 aromatic heterocycles. The molecular formula is C18H21. The molecule has 0 saturated heterocycles. The van der Waals surface area contributed by atoms with Crippen LogP contribution < -0.4 is 0 Å². The molecular weight excluding hydrogens is 216 g/mol. The van der Waals surface area contributed by atoms with Crippen LogP contribution in [0, 0.1) is 6.07 Å². The van der Waals surface area contributed by atoms with Gasteiger partial charge in [0.15, 0.2) is 0 Å². The highest BCUT2D eigenvalue weighted by molar-refractivity contribution is 5.31. The van der Waals surface area contributed by atoms with E-state index in [0.717, 1.165) is 0 Å². The van der Waals surface area contributed by atoms with Gasteiger partial charge < -0.3 is 0 Å². The van der Waals surface area contributed by atoms with E-state index in [4.69, 9.17) is 0 Å². The highest BCUT2D eigenvalue weighted by Crippen LogP contribution is 2.29. The van der Waals surface area contributed by atoms with Crippen molar-refractivity contribution in [2.75, 3.05) is 0 Å². The number of hydrogen-bond donors (Lipinski definition) is 0. The van der Waals surface area contributed by atoms with Gasteiger partial charge in [-0.1, -0.05) is 80.8 Å². The Morgan fingerprint density at radius 3 is 2.39 bits per heavy atom. The summed E-state index contributed by atoms with van der Waals surface area (Å²) >= 11 is 0. The summed E-state index contributed by atoms with van der Waals surface area (Å²) < 4.78 is 0. The van der Waals surface area contributed by atoms with Crippen LogP contribution in [-0.2, 0) is 0 Å². The van der Waals surface area contributed by atoms with Crippen molar-refractivity contribution < 1.29 is 0 Å². The topological polar surface area (TPSA) is 0 Å². The maximum absolute atomic E-state index is 3.39. The van der Waals surface area contributed by atoms with E-state index in [1.165, 1.54) is 36.8 Å². The van der Waals surface area contributed by atoms with Gasteiger partial charge in [0.1, 0.15) is 0 Å². The first-order valence-corrected chi connectivity index (χ1v) is 6.93. The Morgan fingerprint density at radius 2 is 1.72 bits per heavy atom. The quantitative estimate of drug-likeness (QED) is 0.606. The van der Waals surface area contributed by atoms with Gasteiger partial charge in [0, 0.05) is 5.92 Å². The zero-order chi connectivity index (χ0) is 12.6. The Morgan fingerprint density at radius 1 is 0.944 bits per heavy atom. The number of benzene rings is 2. The lowest BCUT2D eigenvalue weighted by molar-refractivity contribution is 0.618. The van der Waals surface area contributed by atoms with Crippen molar-refractivity contribution in [1.82, 2.24) is 0 Å². The second-order valence-corrected chi connectivity index (χ2v) is 4.78. The lowest BCUT2D eigenvalue weighted by Crippen LogP contribution is -2.01. The minimum atomic E-state index is 0.499. The maximum Gasteiger partial charge on any atom is 0.00954 e. The largest absolute Gasteiger partial charge is 0.0654 e. The highest BCUT2D eigenvalue weighted by Gasteiger charge is 2.13. The normalized spacial score (nSPS) is 10.8. The van der Waals surface area contributed by atoms with Crippen LogP contribution >= 0.6 is 0 Å². The molecule has 0 aliphatic carbocycles. The molecule has 18 heavy (non-hydrogen) atoms. The van der Waals surface area contributed by atoms with Crippen LogP contribution in [0.15, 0.2) is 54.6 Å². The van der Waals surface area contributed by atoms with E-state index in [9.17, 15) is 0 Å². The fraction of sp³-hybridized carbons (Fsp3) is 0.333. The molecule has 2 rings (SSSR count). The molecule has 0 spiro atoms. The molecule has 0 fully saturated rings. The maximum atomic E-state index is 3.39. The van der Waals surface area contributed by atoms with Crippen LogP contribution in [0.25, 0.3) is 0 Å². The van der Waals surface area contributed by atoms with E-state index >= 15 is 0 Å². The van der Waals surface area contributed by atoms with Gasteiger partial charge in [-0.2, -0.15) is 0 Å². The van der Waals surface area contributed by atoms with Gasteiger partial charge in [-0.3, -0.25) is 0 Å². The molecule has 0 heteroatoms. The first-order chi connectivity index (χ1) is 8.92. The predicted octanol–water partition coefficient (Wildman–Crippen LogP) is 5.20.